The fourth-order valence-electron chi connectivity index (χ4n) is 3.54. The Balaban J connectivity index is 1.47. The molecule has 1 heterocycles. The van der Waals surface area contributed by atoms with E-state index < -0.39 is 0 Å². The lowest BCUT2D eigenvalue weighted by atomic mass is 9.90. The summed E-state index contributed by atoms with van der Waals surface area (Å²) in [5.74, 6) is 0.734. The molecule has 4 rings (SSSR count). The molecule has 0 bridgehead atoms. The maximum Gasteiger partial charge on any atom is 0.247 e. The van der Waals surface area contributed by atoms with Crippen molar-refractivity contribution in [1.82, 2.24) is 5.43 Å². The van der Waals surface area contributed by atoms with Crippen LogP contribution in [0.3, 0.4) is 0 Å². The average Bonchev–Trinajstić information content (AvgIpc) is 3.28. The van der Waals surface area contributed by atoms with Crippen molar-refractivity contribution in [2.75, 3.05) is 0 Å². The Bertz CT molecular complexity index is 1210. The second-order valence-electron chi connectivity index (χ2n) is 7.54. The minimum atomic E-state index is -0.351. The minimum Gasteiger partial charge on any atom is -0.455 e. The first-order chi connectivity index (χ1) is 15.6. The minimum absolute atomic E-state index is 0.166. The van der Waals surface area contributed by atoms with E-state index >= 15 is 0 Å². The third kappa shape index (κ3) is 5.34. The summed E-state index contributed by atoms with van der Waals surface area (Å²) in [6.45, 7) is 2.06. The van der Waals surface area contributed by atoms with Gasteiger partial charge in [-0.3, -0.25) is 4.79 Å². The van der Waals surface area contributed by atoms with Crippen LogP contribution < -0.4 is 5.43 Å². The van der Waals surface area contributed by atoms with Gasteiger partial charge < -0.3 is 4.42 Å². The van der Waals surface area contributed by atoms with Crippen molar-refractivity contribution in [2.45, 2.75) is 19.3 Å². The van der Waals surface area contributed by atoms with E-state index in [4.69, 9.17) is 16.0 Å². The molecule has 0 aliphatic rings. The Morgan fingerprint density at radius 3 is 2.44 bits per heavy atom. The van der Waals surface area contributed by atoms with Crippen LogP contribution in [0.4, 0.5) is 0 Å². The van der Waals surface area contributed by atoms with Gasteiger partial charge in [-0.05, 0) is 66.4 Å². The lowest BCUT2D eigenvalue weighted by molar-refractivity contribution is -0.122. The molecule has 3 aromatic carbocycles. The smallest absolute Gasteiger partial charge is 0.247 e. The van der Waals surface area contributed by atoms with Gasteiger partial charge in [0.2, 0.25) is 5.91 Å². The molecule has 0 aliphatic heterocycles. The number of nitrogens with zero attached hydrogens (tertiary/aromatic N) is 1. The molecule has 0 unspecified atom stereocenters. The summed E-state index contributed by atoms with van der Waals surface area (Å²) in [5.41, 5.74) is 6.85. The Morgan fingerprint density at radius 2 is 1.69 bits per heavy atom. The molecule has 5 heteroatoms. The largest absolute Gasteiger partial charge is 0.455 e. The van der Waals surface area contributed by atoms with Gasteiger partial charge in [0.05, 0.1) is 12.1 Å². The van der Waals surface area contributed by atoms with Crippen molar-refractivity contribution in [3.05, 3.63) is 118 Å². The van der Waals surface area contributed by atoms with Gasteiger partial charge in [0.25, 0.3) is 0 Å². The molecule has 0 saturated carbocycles. The number of carbonyl (C=O) groups excluding carboxylic acids is 1. The second-order valence-corrected chi connectivity index (χ2v) is 7.97. The number of hydrogen-bond acceptors (Lipinski definition) is 3. The van der Waals surface area contributed by atoms with E-state index in [1.165, 1.54) is 6.21 Å². The normalized spacial score (nSPS) is 12.1. The quantitative estimate of drug-likeness (QED) is 0.266. The van der Waals surface area contributed by atoms with Crippen LogP contribution in [0.5, 0.6) is 0 Å². The first-order valence-electron chi connectivity index (χ1n) is 10.4. The predicted molar refractivity (Wildman–Crippen MR) is 129 cm³/mol. The van der Waals surface area contributed by atoms with Crippen LogP contribution in [0.25, 0.3) is 11.3 Å². The number of aryl methyl sites for hydroxylation is 1. The van der Waals surface area contributed by atoms with Gasteiger partial charge >= 0.3 is 0 Å². The van der Waals surface area contributed by atoms with E-state index in [1.54, 1.807) is 0 Å². The Hall–Kier alpha value is -3.63. The highest BCUT2D eigenvalue weighted by molar-refractivity contribution is 6.30. The predicted octanol–water partition coefficient (Wildman–Crippen LogP) is 6.39. The zero-order chi connectivity index (χ0) is 22.3. The standard InChI is InChI=1S/C27H23ClN2O2/c1-19-7-5-6-10-22(19)17-25(20-8-3-2-4-9-20)27(31)30-29-18-24-15-16-26(32-24)21-11-13-23(28)14-12-21/h2-16,18,25H,17H2,1H3,(H,30,31)/b29-18-/t25-/m1/s1. The fourth-order valence-corrected chi connectivity index (χ4v) is 3.66. The van der Waals surface area contributed by atoms with Crippen LogP contribution >= 0.6 is 11.6 Å². The van der Waals surface area contributed by atoms with E-state index in [2.05, 4.69) is 29.6 Å². The van der Waals surface area contributed by atoms with Crippen molar-refractivity contribution in [2.24, 2.45) is 5.10 Å². The topological polar surface area (TPSA) is 54.6 Å². The Labute approximate surface area is 192 Å². The van der Waals surface area contributed by atoms with Gasteiger partial charge in [-0.15, -0.1) is 0 Å². The highest BCUT2D eigenvalue weighted by Crippen LogP contribution is 2.24. The zero-order valence-electron chi connectivity index (χ0n) is 17.7. The summed E-state index contributed by atoms with van der Waals surface area (Å²) in [6.07, 6.45) is 2.10. The van der Waals surface area contributed by atoms with Gasteiger partial charge in [-0.25, -0.2) is 5.43 Å². The molecule has 1 aromatic heterocycles. The number of amides is 1. The monoisotopic (exact) mass is 442 g/mol. The Kier molecular flexibility index (Phi) is 6.83. The summed E-state index contributed by atoms with van der Waals surface area (Å²) in [4.78, 5) is 13.0. The van der Waals surface area contributed by atoms with Crippen LogP contribution in [0.15, 0.2) is 101 Å². The number of halogens is 1. The number of hydrogen-bond donors (Lipinski definition) is 1. The first kappa shape index (κ1) is 21.6. The molecule has 0 radical (unpaired) electrons. The van der Waals surface area contributed by atoms with Crippen LogP contribution in [-0.2, 0) is 11.2 Å². The third-order valence-corrected chi connectivity index (χ3v) is 5.58. The molecule has 0 spiro atoms. The molecule has 1 amide bonds. The van der Waals surface area contributed by atoms with E-state index in [9.17, 15) is 4.79 Å². The van der Waals surface area contributed by atoms with E-state index in [1.807, 2.05) is 78.9 Å². The van der Waals surface area contributed by atoms with Gasteiger partial charge in [-0.2, -0.15) is 5.10 Å². The Morgan fingerprint density at radius 1 is 0.969 bits per heavy atom. The van der Waals surface area contributed by atoms with Crippen molar-refractivity contribution in [3.8, 4) is 11.3 Å². The third-order valence-electron chi connectivity index (χ3n) is 5.33. The molecule has 0 fully saturated rings. The van der Waals surface area contributed by atoms with Crippen LogP contribution in [0.2, 0.25) is 5.02 Å². The lowest BCUT2D eigenvalue weighted by Gasteiger charge is -2.17. The molecule has 0 aliphatic carbocycles. The lowest BCUT2D eigenvalue weighted by Crippen LogP contribution is -2.27. The second kappa shape index (κ2) is 10.1. The average molecular weight is 443 g/mol. The van der Waals surface area contributed by atoms with Crippen LogP contribution in [0, 0.1) is 6.92 Å². The number of carbonyl (C=O) groups is 1. The maximum atomic E-state index is 13.0. The molecule has 4 aromatic rings. The number of rotatable bonds is 7. The summed E-state index contributed by atoms with van der Waals surface area (Å²) < 4.78 is 5.80. The molecule has 0 saturated heterocycles. The number of benzene rings is 3. The van der Waals surface area contributed by atoms with Crippen molar-refractivity contribution < 1.29 is 9.21 Å². The van der Waals surface area contributed by atoms with Gasteiger partial charge in [0.1, 0.15) is 11.5 Å². The molecule has 160 valence electrons. The maximum absolute atomic E-state index is 13.0. The number of nitrogens with one attached hydrogen (secondary N) is 1. The van der Waals surface area contributed by atoms with Gasteiger partial charge in [0, 0.05) is 10.6 Å². The summed E-state index contributed by atoms with van der Waals surface area (Å²) in [7, 11) is 0. The van der Waals surface area contributed by atoms with E-state index in [0.717, 1.165) is 22.3 Å². The van der Waals surface area contributed by atoms with Crippen LogP contribution in [0.1, 0.15) is 28.4 Å². The van der Waals surface area contributed by atoms with Crippen molar-refractivity contribution in [3.63, 3.8) is 0 Å². The van der Waals surface area contributed by atoms with Crippen molar-refractivity contribution in [1.29, 1.82) is 0 Å². The van der Waals surface area contributed by atoms with Gasteiger partial charge in [-0.1, -0.05) is 66.2 Å². The fraction of sp³-hybridized carbons (Fsp3) is 0.111. The highest BCUT2D eigenvalue weighted by Gasteiger charge is 2.21. The first-order valence-corrected chi connectivity index (χ1v) is 10.8. The summed E-state index contributed by atoms with van der Waals surface area (Å²) in [5, 5.41) is 4.80. The summed E-state index contributed by atoms with van der Waals surface area (Å²) >= 11 is 5.94. The molecule has 1 atom stereocenters. The van der Waals surface area contributed by atoms with Crippen molar-refractivity contribution >= 4 is 23.7 Å². The molecular formula is C27H23ClN2O2. The van der Waals surface area contributed by atoms with E-state index in [0.29, 0.717) is 23.0 Å². The van der Waals surface area contributed by atoms with E-state index in [-0.39, 0.29) is 11.8 Å². The van der Waals surface area contributed by atoms with Crippen LogP contribution in [-0.4, -0.2) is 12.1 Å². The highest BCUT2D eigenvalue weighted by atomic mass is 35.5. The molecular weight excluding hydrogens is 420 g/mol. The molecule has 32 heavy (non-hydrogen) atoms. The molecule has 1 N–H and O–H groups in total. The zero-order valence-corrected chi connectivity index (χ0v) is 18.4. The van der Waals surface area contributed by atoms with Gasteiger partial charge in [0.15, 0.2) is 0 Å². The SMILES string of the molecule is Cc1ccccc1C[C@@H](C(=O)N/N=C\c1ccc(-c2ccc(Cl)cc2)o1)c1ccccc1. The number of furan rings is 1. The summed E-state index contributed by atoms with van der Waals surface area (Å²) in [6, 6.07) is 28.9. The number of hydrazone groups is 1. The molecule has 4 nitrogen and oxygen atoms in total.